The Hall–Kier alpha value is -1.70. The summed E-state index contributed by atoms with van der Waals surface area (Å²) in [5.41, 5.74) is 1.28. The first kappa shape index (κ1) is 17.7. The average Bonchev–Trinajstić information content (AvgIpc) is 2.48. The molecule has 0 atom stereocenters. The van der Waals surface area contributed by atoms with Crippen LogP contribution in [0.2, 0.25) is 5.02 Å². The van der Waals surface area contributed by atoms with E-state index in [1.54, 1.807) is 0 Å². The van der Waals surface area contributed by atoms with E-state index in [9.17, 15) is 13.2 Å². The Morgan fingerprint density at radius 1 is 1.13 bits per heavy atom. The van der Waals surface area contributed by atoms with Crippen molar-refractivity contribution in [3.8, 4) is 0 Å². The van der Waals surface area contributed by atoms with Gasteiger partial charge in [-0.05, 0) is 36.6 Å². The van der Waals surface area contributed by atoms with E-state index in [4.69, 9.17) is 11.6 Å². The summed E-state index contributed by atoms with van der Waals surface area (Å²) in [6, 6.07) is 11.8. The second kappa shape index (κ2) is 7.25. The minimum atomic E-state index is -3.43. The quantitative estimate of drug-likeness (QED) is 0.787. The molecule has 8 heteroatoms. The SMILES string of the molecule is CSc1ccccc1NC(=O)c1ccc(NS(C)(=O)=O)c(Cl)c1. The van der Waals surface area contributed by atoms with Crippen molar-refractivity contribution < 1.29 is 13.2 Å². The third kappa shape index (κ3) is 4.89. The second-order valence-corrected chi connectivity index (χ2v) is 7.73. The first-order chi connectivity index (χ1) is 10.8. The maximum atomic E-state index is 12.3. The van der Waals surface area contributed by atoms with Gasteiger partial charge in [0.15, 0.2) is 0 Å². The molecule has 2 rings (SSSR count). The summed E-state index contributed by atoms with van der Waals surface area (Å²) in [4.78, 5) is 13.3. The molecule has 0 aliphatic heterocycles. The molecule has 0 saturated heterocycles. The van der Waals surface area contributed by atoms with E-state index in [1.165, 1.54) is 30.0 Å². The number of thioether (sulfide) groups is 1. The van der Waals surface area contributed by atoms with Gasteiger partial charge >= 0.3 is 0 Å². The molecule has 0 bridgehead atoms. The molecule has 0 fully saturated rings. The molecule has 0 saturated carbocycles. The van der Waals surface area contributed by atoms with E-state index in [0.717, 1.165) is 11.2 Å². The van der Waals surface area contributed by atoms with Gasteiger partial charge in [0.25, 0.3) is 5.91 Å². The maximum Gasteiger partial charge on any atom is 0.255 e. The van der Waals surface area contributed by atoms with Crippen LogP contribution in [0.25, 0.3) is 0 Å². The number of hydrogen-bond acceptors (Lipinski definition) is 4. The normalized spacial score (nSPS) is 11.1. The van der Waals surface area contributed by atoms with Crippen LogP contribution in [0.3, 0.4) is 0 Å². The molecular formula is C15H15ClN2O3S2. The Kier molecular flexibility index (Phi) is 5.56. The van der Waals surface area contributed by atoms with E-state index in [2.05, 4.69) is 10.0 Å². The van der Waals surface area contributed by atoms with Crippen LogP contribution in [0.5, 0.6) is 0 Å². The van der Waals surface area contributed by atoms with E-state index < -0.39 is 10.0 Å². The number of amides is 1. The van der Waals surface area contributed by atoms with Gasteiger partial charge in [-0.2, -0.15) is 0 Å². The van der Waals surface area contributed by atoms with Crippen molar-refractivity contribution in [3.05, 3.63) is 53.1 Å². The third-order valence-corrected chi connectivity index (χ3v) is 4.58. The predicted octanol–water partition coefficient (Wildman–Crippen LogP) is 3.69. The number of nitrogens with one attached hydrogen (secondary N) is 2. The van der Waals surface area contributed by atoms with Crippen LogP contribution in [0.4, 0.5) is 11.4 Å². The van der Waals surface area contributed by atoms with Gasteiger partial charge in [0.2, 0.25) is 10.0 Å². The van der Waals surface area contributed by atoms with Gasteiger partial charge in [-0.25, -0.2) is 8.42 Å². The summed E-state index contributed by atoms with van der Waals surface area (Å²) in [5.74, 6) is -0.320. The molecule has 0 aliphatic carbocycles. The standard InChI is InChI=1S/C15H15ClN2O3S2/c1-22-14-6-4-3-5-13(14)17-15(19)10-7-8-12(11(16)9-10)18-23(2,20)21/h3-9,18H,1-2H3,(H,17,19). The minimum Gasteiger partial charge on any atom is -0.321 e. The highest BCUT2D eigenvalue weighted by atomic mass is 35.5. The molecular weight excluding hydrogens is 356 g/mol. The van der Waals surface area contributed by atoms with Crippen LogP contribution >= 0.6 is 23.4 Å². The van der Waals surface area contributed by atoms with Crippen molar-refractivity contribution in [2.24, 2.45) is 0 Å². The lowest BCUT2D eigenvalue weighted by Gasteiger charge is -2.11. The monoisotopic (exact) mass is 370 g/mol. The number of benzene rings is 2. The van der Waals surface area contributed by atoms with Crippen molar-refractivity contribution in [3.63, 3.8) is 0 Å². The summed E-state index contributed by atoms with van der Waals surface area (Å²) in [7, 11) is -3.43. The molecule has 0 radical (unpaired) electrons. The third-order valence-electron chi connectivity index (χ3n) is 2.88. The summed E-state index contributed by atoms with van der Waals surface area (Å²) < 4.78 is 24.8. The Morgan fingerprint density at radius 3 is 2.43 bits per heavy atom. The molecule has 1 amide bonds. The fourth-order valence-electron chi connectivity index (χ4n) is 1.88. The number of anilines is 2. The van der Waals surface area contributed by atoms with Crippen LogP contribution in [0.1, 0.15) is 10.4 Å². The highest BCUT2D eigenvalue weighted by Gasteiger charge is 2.12. The Balaban J connectivity index is 2.22. The lowest BCUT2D eigenvalue weighted by atomic mass is 10.2. The van der Waals surface area contributed by atoms with Gasteiger partial charge in [-0.15, -0.1) is 11.8 Å². The lowest BCUT2D eigenvalue weighted by Crippen LogP contribution is -2.13. The number of para-hydroxylation sites is 1. The number of carbonyl (C=O) groups excluding carboxylic acids is 1. The number of sulfonamides is 1. The zero-order valence-corrected chi connectivity index (χ0v) is 14.8. The Bertz CT molecular complexity index is 838. The molecule has 23 heavy (non-hydrogen) atoms. The Labute approximate surface area is 144 Å². The number of hydrogen-bond donors (Lipinski definition) is 2. The zero-order chi connectivity index (χ0) is 17.0. The van der Waals surface area contributed by atoms with Crippen molar-refractivity contribution in [2.75, 3.05) is 22.6 Å². The maximum absolute atomic E-state index is 12.3. The van der Waals surface area contributed by atoms with Crippen molar-refractivity contribution in [2.45, 2.75) is 4.90 Å². The predicted molar refractivity (Wildman–Crippen MR) is 96.1 cm³/mol. The average molecular weight is 371 g/mol. The molecule has 2 aromatic rings. The van der Waals surface area contributed by atoms with Gasteiger partial charge in [-0.3, -0.25) is 9.52 Å². The molecule has 2 N–H and O–H groups in total. The number of rotatable bonds is 5. The summed E-state index contributed by atoms with van der Waals surface area (Å²) in [6.07, 6.45) is 2.96. The summed E-state index contributed by atoms with van der Waals surface area (Å²) >= 11 is 7.56. The summed E-state index contributed by atoms with van der Waals surface area (Å²) in [5, 5.41) is 2.97. The zero-order valence-electron chi connectivity index (χ0n) is 12.5. The molecule has 2 aromatic carbocycles. The van der Waals surface area contributed by atoms with Crippen LogP contribution in [0.15, 0.2) is 47.4 Å². The van der Waals surface area contributed by atoms with Gasteiger partial charge in [0, 0.05) is 10.5 Å². The molecule has 0 heterocycles. The van der Waals surface area contributed by atoms with E-state index in [0.29, 0.717) is 11.3 Å². The van der Waals surface area contributed by atoms with E-state index in [-0.39, 0.29) is 16.6 Å². The molecule has 122 valence electrons. The van der Waals surface area contributed by atoms with Crippen molar-refractivity contribution in [1.82, 2.24) is 0 Å². The van der Waals surface area contributed by atoms with Crippen LogP contribution in [0, 0.1) is 0 Å². The molecule has 0 spiro atoms. The van der Waals surface area contributed by atoms with E-state index in [1.807, 2.05) is 30.5 Å². The fraction of sp³-hybridized carbons (Fsp3) is 0.133. The highest BCUT2D eigenvalue weighted by Crippen LogP contribution is 2.27. The van der Waals surface area contributed by atoms with Gasteiger partial charge in [0.05, 0.1) is 22.7 Å². The highest BCUT2D eigenvalue weighted by molar-refractivity contribution is 7.98. The van der Waals surface area contributed by atoms with Crippen LogP contribution in [-0.4, -0.2) is 26.8 Å². The van der Waals surface area contributed by atoms with Crippen molar-refractivity contribution >= 4 is 50.7 Å². The molecule has 0 aliphatic rings. The Morgan fingerprint density at radius 2 is 1.83 bits per heavy atom. The van der Waals surface area contributed by atoms with Crippen molar-refractivity contribution in [1.29, 1.82) is 0 Å². The second-order valence-electron chi connectivity index (χ2n) is 4.72. The van der Waals surface area contributed by atoms with Gasteiger partial charge in [-0.1, -0.05) is 23.7 Å². The molecule has 0 aromatic heterocycles. The molecule has 5 nitrogen and oxygen atoms in total. The number of carbonyl (C=O) groups is 1. The fourth-order valence-corrected chi connectivity index (χ4v) is 3.30. The topological polar surface area (TPSA) is 75.3 Å². The van der Waals surface area contributed by atoms with Gasteiger partial charge < -0.3 is 5.32 Å². The molecule has 0 unspecified atom stereocenters. The van der Waals surface area contributed by atoms with E-state index >= 15 is 0 Å². The number of halogens is 1. The smallest absolute Gasteiger partial charge is 0.255 e. The first-order valence-corrected chi connectivity index (χ1v) is 10.0. The lowest BCUT2D eigenvalue weighted by molar-refractivity contribution is 0.102. The minimum absolute atomic E-state index is 0.154. The first-order valence-electron chi connectivity index (χ1n) is 6.52. The van der Waals surface area contributed by atoms with Crippen LogP contribution in [-0.2, 0) is 10.0 Å². The van der Waals surface area contributed by atoms with Gasteiger partial charge in [0.1, 0.15) is 0 Å². The largest absolute Gasteiger partial charge is 0.321 e. The summed E-state index contributed by atoms with van der Waals surface area (Å²) in [6.45, 7) is 0. The van der Waals surface area contributed by atoms with Crippen LogP contribution < -0.4 is 10.0 Å².